The van der Waals surface area contributed by atoms with E-state index in [2.05, 4.69) is 6.07 Å². The Morgan fingerprint density at radius 2 is 2.25 bits per heavy atom. The van der Waals surface area contributed by atoms with Gasteiger partial charge in [0.1, 0.15) is 5.82 Å². The first kappa shape index (κ1) is 15.9. The highest BCUT2D eigenvalue weighted by molar-refractivity contribution is 5.85. The number of nitrogens with zero attached hydrogens (tertiary/aromatic N) is 2. The third-order valence-electron chi connectivity index (χ3n) is 2.79. The van der Waals surface area contributed by atoms with Gasteiger partial charge in [-0.1, -0.05) is 13.0 Å². The molecule has 0 fully saturated rings. The second kappa shape index (κ2) is 8.08. The summed E-state index contributed by atoms with van der Waals surface area (Å²) in [4.78, 5) is 12.5. The third-order valence-corrected chi connectivity index (χ3v) is 2.79. The highest BCUT2D eigenvalue weighted by Crippen LogP contribution is 2.13. The van der Waals surface area contributed by atoms with Gasteiger partial charge in [0.2, 0.25) is 0 Å². The smallest absolute Gasteiger partial charge is 0.328 e. The van der Waals surface area contributed by atoms with Crippen LogP contribution in [0.3, 0.4) is 0 Å². The Labute approximate surface area is 117 Å². The lowest BCUT2D eigenvalue weighted by Gasteiger charge is -2.19. The molecule has 0 saturated carbocycles. The molecule has 0 saturated heterocycles. The van der Waals surface area contributed by atoms with E-state index in [1.54, 1.807) is 6.07 Å². The molecule has 0 atom stereocenters. The molecule has 0 spiro atoms. The first-order valence-electron chi connectivity index (χ1n) is 6.35. The van der Waals surface area contributed by atoms with E-state index in [1.807, 2.05) is 11.8 Å². The summed E-state index contributed by atoms with van der Waals surface area (Å²) in [6, 6.07) is 6.54. The van der Waals surface area contributed by atoms with Crippen molar-refractivity contribution in [3.63, 3.8) is 0 Å². The molecule has 1 N–H and O–H groups in total. The molecule has 0 unspecified atom stereocenters. The zero-order valence-corrected chi connectivity index (χ0v) is 11.3. The third kappa shape index (κ3) is 5.63. The summed E-state index contributed by atoms with van der Waals surface area (Å²) >= 11 is 0. The Morgan fingerprint density at radius 1 is 1.50 bits per heavy atom. The molecule has 0 amide bonds. The van der Waals surface area contributed by atoms with Crippen molar-refractivity contribution in [1.29, 1.82) is 5.26 Å². The number of hydrogen-bond acceptors (Lipinski definition) is 3. The number of halogens is 1. The predicted octanol–water partition coefficient (Wildman–Crippen LogP) is 2.66. The van der Waals surface area contributed by atoms with Crippen LogP contribution in [0.25, 0.3) is 6.08 Å². The Morgan fingerprint density at radius 3 is 2.85 bits per heavy atom. The molecule has 1 rings (SSSR count). The van der Waals surface area contributed by atoms with Crippen molar-refractivity contribution in [3.05, 3.63) is 41.2 Å². The van der Waals surface area contributed by atoms with Crippen LogP contribution in [0, 0.1) is 17.1 Å². The highest BCUT2D eigenvalue weighted by Gasteiger charge is 2.06. The van der Waals surface area contributed by atoms with Crippen molar-refractivity contribution >= 4 is 12.0 Å². The van der Waals surface area contributed by atoms with Crippen molar-refractivity contribution in [3.8, 4) is 6.07 Å². The van der Waals surface area contributed by atoms with Crippen molar-refractivity contribution < 1.29 is 14.3 Å². The van der Waals surface area contributed by atoms with Crippen LogP contribution in [0.4, 0.5) is 4.39 Å². The number of rotatable bonds is 7. The summed E-state index contributed by atoms with van der Waals surface area (Å²) in [7, 11) is 0. The van der Waals surface area contributed by atoms with Crippen molar-refractivity contribution in [1.82, 2.24) is 4.90 Å². The number of benzene rings is 1. The maximum atomic E-state index is 13.5. The van der Waals surface area contributed by atoms with E-state index in [9.17, 15) is 9.18 Å². The molecule has 0 radical (unpaired) electrons. The van der Waals surface area contributed by atoms with E-state index < -0.39 is 11.8 Å². The fraction of sp³-hybridized carbons (Fsp3) is 0.333. The number of aliphatic carboxylic acids is 1. The van der Waals surface area contributed by atoms with Crippen molar-refractivity contribution in [2.24, 2.45) is 0 Å². The SMILES string of the molecule is CCN(CCC#N)Cc1cc(F)cc(C=CC(=O)O)c1. The lowest BCUT2D eigenvalue weighted by Crippen LogP contribution is -2.23. The van der Waals surface area contributed by atoms with Gasteiger partial charge >= 0.3 is 5.97 Å². The van der Waals surface area contributed by atoms with E-state index in [0.29, 0.717) is 25.1 Å². The Hall–Kier alpha value is -2.19. The number of carboxylic acid groups (broad SMARTS) is 1. The van der Waals surface area contributed by atoms with E-state index in [-0.39, 0.29) is 0 Å². The zero-order chi connectivity index (χ0) is 15.0. The summed E-state index contributed by atoms with van der Waals surface area (Å²) < 4.78 is 13.5. The standard InChI is InChI=1S/C15H17FN2O2/c1-2-18(7-3-6-17)11-13-8-12(4-5-15(19)20)9-14(16)10-13/h4-5,8-10H,2-3,7,11H2,1H3,(H,19,20). The second-order valence-electron chi connectivity index (χ2n) is 4.34. The summed E-state index contributed by atoms with van der Waals surface area (Å²) in [5.74, 6) is -1.47. The van der Waals surface area contributed by atoms with Crippen LogP contribution in [0.2, 0.25) is 0 Å². The molecule has 0 aromatic heterocycles. The van der Waals surface area contributed by atoms with Gasteiger partial charge in [0.15, 0.2) is 0 Å². The van der Waals surface area contributed by atoms with E-state index in [1.165, 1.54) is 18.2 Å². The fourth-order valence-electron chi connectivity index (χ4n) is 1.85. The van der Waals surface area contributed by atoms with Gasteiger partial charge in [0.25, 0.3) is 0 Å². The topological polar surface area (TPSA) is 64.3 Å². The lowest BCUT2D eigenvalue weighted by molar-refractivity contribution is -0.131. The summed E-state index contributed by atoms with van der Waals surface area (Å²) in [6.07, 6.45) is 2.77. The van der Waals surface area contributed by atoms with Crippen molar-refractivity contribution in [2.75, 3.05) is 13.1 Å². The van der Waals surface area contributed by atoms with Gasteiger partial charge in [0, 0.05) is 25.6 Å². The van der Waals surface area contributed by atoms with Gasteiger partial charge in [-0.15, -0.1) is 0 Å². The average molecular weight is 276 g/mol. The van der Waals surface area contributed by atoms with Gasteiger partial charge in [-0.05, 0) is 35.9 Å². The molecular weight excluding hydrogens is 259 g/mol. The molecule has 0 aliphatic rings. The Balaban J connectivity index is 2.84. The van der Waals surface area contributed by atoms with Gasteiger partial charge < -0.3 is 5.11 Å². The van der Waals surface area contributed by atoms with Gasteiger partial charge in [-0.3, -0.25) is 4.90 Å². The van der Waals surface area contributed by atoms with Gasteiger partial charge in [-0.25, -0.2) is 9.18 Å². The largest absolute Gasteiger partial charge is 0.478 e. The van der Waals surface area contributed by atoms with Crippen LogP contribution in [-0.2, 0) is 11.3 Å². The van der Waals surface area contributed by atoms with Gasteiger partial charge in [-0.2, -0.15) is 5.26 Å². The normalized spacial score (nSPS) is 10.9. The monoisotopic (exact) mass is 276 g/mol. The Bertz CT molecular complexity index is 535. The van der Waals surface area contributed by atoms with Crippen LogP contribution in [0.1, 0.15) is 24.5 Å². The fourth-order valence-corrected chi connectivity index (χ4v) is 1.85. The molecule has 0 heterocycles. The minimum absolute atomic E-state index is 0.399. The molecule has 0 bridgehead atoms. The molecule has 1 aromatic rings. The minimum atomic E-state index is -1.07. The molecule has 20 heavy (non-hydrogen) atoms. The minimum Gasteiger partial charge on any atom is -0.478 e. The quantitative estimate of drug-likeness (QED) is 0.778. The molecule has 5 heteroatoms. The molecule has 1 aromatic carbocycles. The van der Waals surface area contributed by atoms with Gasteiger partial charge in [0.05, 0.1) is 6.07 Å². The average Bonchev–Trinajstić information content (AvgIpc) is 2.40. The van der Waals surface area contributed by atoms with Crippen LogP contribution in [-0.4, -0.2) is 29.1 Å². The summed E-state index contributed by atoms with van der Waals surface area (Å²) in [6.45, 7) is 3.90. The molecule has 0 aliphatic carbocycles. The van der Waals surface area contributed by atoms with E-state index in [4.69, 9.17) is 10.4 Å². The maximum absolute atomic E-state index is 13.5. The van der Waals surface area contributed by atoms with Crippen LogP contribution < -0.4 is 0 Å². The number of hydrogen-bond donors (Lipinski definition) is 1. The number of carbonyl (C=O) groups is 1. The van der Waals surface area contributed by atoms with E-state index >= 15 is 0 Å². The second-order valence-corrected chi connectivity index (χ2v) is 4.34. The number of nitriles is 1. The highest BCUT2D eigenvalue weighted by atomic mass is 19.1. The first-order valence-corrected chi connectivity index (χ1v) is 6.35. The molecule has 4 nitrogen and oxygen atoms in total. The zero-order valence-electron chi connectivity index (χ0n) is 11.3. The van der Waals surface area contributed by atoms with Crippen LogP contribution in [0.5, 0.6) is 0 Å². The van der Waals surface area contributed by atoms with Crippen LogP contribution in [0.15, 0.2) is 24.3 Å². The van der Waals surface area contributed by atoms with E-state index in [0.717, 1.165) is 18.2 Å². The molecular formula is C15H17FN2O2. The lowest BCUT2D eigenvalue weighted by atomic mass is 10.1. The van der Waals surface area contributed by atoms with Crippen molar-refractivity contribution in [2.45, 2.75) is 19.9 Å². The first-order chi connectivity index (χ1) is 9.55. The summed E-state index contributed by atoms with van der Waals surface area (Å²) in [5, 5.41) is 17.2. The summed E-state index contributed by atoms with van der Waals surface area (Å²) in [5.41, 5.74) is 1.27. The molecule has 106 valence electrons. The molecule has 0 aliphatic heterocycles. The Kier molecular flexibility index (Phi) is 6.41. The maximum Gasteiger partial charge on any atom is 0.328 e. The predicted molar refractivity (Wildman–Crippen MR) is 74.3 cm³/mol. The number of carboxylic acids is 1. The van der Waals surface area contributed by atoms with Crippen LogP contribution >= 0.6 is 0 Å².